The van der Waals surface area contributed by atoms with Crippen LogP contribution in [-0.4, -0.2) is 18.6 Å². The normalized spacial score (nSPS) is 11.2. The lowest BCUT2D eigenvalue weighted by Crippen LogP contribution is -2.16. The van der Waals surface area contributed by atoms with Gasteiger partial charge in [-0.25, -0.2) is 0 Å². The smallest absolute Gasteiger partial charge is 0.126 e. The number of H-pyrrole nitrogens is 1. The highest BCUT2D eigenvalue weighted by molar-refractivity contribution is 5.91. The summed E-state index contributed by atoms with van der Waals surface area (Å²) in [4.78, 5) is 3.34. The molecule has 3 nitrogen and oxygen atoms in total. The van der Waals surface area contributed by atoms with Gasteiger partial charge in [-0.3, -0.25) is 0 Å². The number of ether oxygens (including phenoxy) is 1. The van der Waals surface area contributed by atoms with Crippen molar-refractivity contribution in [3.05, 3.63) is 78.0 Å². The standard InChI is InChI=1S/C22H22N2O/c1-25-22-11-10-16(18-6-2-3-8-20(18)22)14-23-13-12-17-15-24-21-9-5-4-7-19(17)21/h2-11,15,23-24H,12-14H2,1H3. The molecule has 0 radical (unpaired) electrons. The number of para-hydroxylation sites is 1. The molecule has 3 heteroatoms. The minimum atomic E-state index is 0.854. The Balaban J connectivity index is 1.45. The Bertz CT molecular complexity index is 1000. The van der Waals surface area contributed by atoms with Gasteiger partial charge < -0.3 is 15.0 Å². The molecule has 1 aromatic heterocycles. The van der Waals surface area contributed by atoms with Gasteiger partial charge in [0.05, 0.1) is 7.11 Å². The minimum Gasteiger partial charge on any atom is -0.496 e. The van der Waals surface area contributed by atoms with E-state index < -0.39 is 0 Å². The molecule has 4 rings (SSSR count). The summed E-state index contributed by atoms with van der Waals surface area (Å²) in [5, 5.41) is 7.32. The van der Waals surface area contributed by atoms with E-state index in [4.69, 9.17) is 4.74 Å². The number of aromatic amines is 1. The predicted octanol–water partition coefficient (Wildman–Crippen LogP) is 4.66. The van der Waals surface area contributed by atoms with Crippen LogP contribution in [-0.2, 0) is 13.0 Å². The first-order chi connectivity index (χ1) is 12.4. The molecule has 25 heavy (non-hydrogen) atoms. The zero-order valence-corrected chi connectivity index (χ0v) is 14.4. The highest BCUT2D eigenvalue weighted by atomic mass is 16.5. The van der Waals surface area contributed by atoms with Crippen molar-refractivity contribution < 1.29 is 4.74 Å². The van der Waals surface area contributed by atoms with Gasteiger partial charge >= 0.3 is 0 Å². The number of fused-ring (bicyclic) bond motifs is 2. The molecule has 0 amide bonds. The molecule has 0 aliphatic carbocycles. The number of hydrogen-bond donors (Lipinski definition) is 2. The molecule has 2 N–H and O–H groups in total. The van der Waals surface area contributed by atoms with Gasteiger partial charge in [-0.05, 0) is 41.6 Å². The molecule has 126 valence electrons. The summed E-state index contributed by atoms with van der Waals surface area (Å²) in [5.41, 5.74) is 3.87. The lowest BCUT2D eigenvalue weighted by molar-refractivity contribution is 0.419. The maximum absolute atomic E-state index is 5.47. The molecular formula is C22H22N2O. The molecule has 4 aromatic rings. The van der Waals surface area contributed by atoms with Crippen molar-refractivity contribution in [2.75, 3.05) is 13.7 Å². The van der Waals surface area contributed by atoms with E-state index in [9.17, 15) is 0 Å². The fourth-order valence-corrected chi connectivity index (χ4v) is 3.45. The second-order valence-electron chi connectivity index (χ2n) is 6.26. The Labute approximate surface area is 147 Å². The van der Waals surface area contributed by atoms with Crippen LogP contribution < -0.4 is 10.1 Å². The lowest BCUT2D eigenvalue weighted by atomic mass is 10.0. The van der Waals surface area contributed by atoms with Gasteiger partial charge in [-0.15, -0.1) is 0 Å². The fourth-order valence-electron chi connectivity index (χ4n) is 3.45. The maximum Gasteiger partial charge on any atom is 0.126 e. The maximum atomic E-state index is 5.47. The van der Waals surface area contributed by atoms with Gasteiger partial charge in [-0.2, -0.15) is 0 Å². The van der Waals surface area contributed by atoms with Crippen LogP contribution in [0.4, 0.5) is 0 Å². The average molecular weight is 330 g/mol. The molecular weight excluding hydrogens is 308 g/mol. The molecule has 0 spiro atoms. The molecule has 0 aliphatic heterocycles. The van der Waals surface area contributed by atoms with Gasteiger partial charge in [0.25, 0.3) is 0 Å². The third-order valence-corrected chi connectivity index (χ3v) is 4.76. The zero-order valence-electron chi connectivity index (χ0n) is 14.4. The van der Waals surface area contributed by atoms with Gasteiger partial charge in [0, 0.05) is 29.0 Å². The first-order valence-corrected chi connectivity index (χ1v) is 8.67. The van der Waals surface area contributed by atoms with Crippen molar-refractivity contribution >= 4 is 21.7 Å². The zero-order chi connectivity index (χ0) is 17.1. The van der Waals surface area contributed by atoms with Crippen LogP contribution in [0.25, 0.3) is 21.7 Å². The van der Waals surface area contributed by atoms with Crippen LogP contribution in [0.5, 0.6) is 5.75 Å². The van der Waals surface area contributed by atoms with Crippen LogP contribution in [0.1, 0.15) is 11.1 Å². The monoisotopic (exact) mass is 330 g/mol. The van der Waals surface area contributed by atoms with Gasteiger partial charge in [-0.1, -0.05) is 48.5 Å². The van der Waals surface area contributed by atoms with Crippen molar-refractivity contribution in [3.63, 3.8) is 0 Å². The number of methoxy groups -OCH3 is 1. The Kier molecular flexibility index (Phi) is 4.40. The largest absolute Gasteiger partial charge is 0.496 e. The van der Waals surface area contributed by atoms with Crippen LogP contribution in [0.2, 0.25) is 0 Å². The second kappa shape index (κ2) is 6.99. The van der Waals surface area contributed by atoms with Crippen molar-refractivity contribution in [2.45, 2.75) is 13.0 Å². The third kappa shape index (κ3) is 3.11. The summed E-state index contributed by atoms with van der Waals surface area (Å²) in [6.45, 7) is 1.80. The summed E-state index contributed by atoms with van der Waals surface area (Å²) in [7, 11) is 1.72. The predicted molar refractivity (Wildman–Crippen MR) is 104 cm³/mol. The molecule has 0 bridgehead atoms. The minimum absolute atomic E-state index is 0.854. The van der Waals surface area contributed by atoms with Crippen LogP contribution >= 0.6 is 0 Å². The van der Waals surface area contributed by atoms with E-state index in [1.165, 1.54) is 32.8 Å². The van der Waals surface area contributed by atoms with Crippen molar-refractivity contribution in [1.82, 2.24) is 10.3 Å². The van der Waals surface area contributed by atoms with Gasteiger partial charge in [0.15, 0.2) is 0 Å². The quantitative estimate of drug-likeness (QED) is 0.504. The van der Waals surface area contributed by atoms with Crippen LogP contribution in [0, 0.1) is 0 Å². The third-order valence-electron chi connectivity index (χ3n) is 4.76. The lowest BCUT2D eigenvalue weighted by Gasteiger charge is -2.11. The Morgan fingerprint density at radius 1 is 0.840 bits per heavy atom. The van der Waals surface area contributed by atoms with Gasteiger partial charge in [0.1, 0.15) is 5.75 Å². The number of aromatic nitrogens is 1. The number of benzene rings is 3. The second-order valence-corrected chi connectivity index (χ2v) is 6.26. The molecule has 0 saturated heterocycles. The topological polar surface area (TPSA) is 37.0 Å². The Morgan fingerprint density at radius 2 is 1.60 bits per heavy atom. The molecule has 0 saturated carbocycles. The SMILES string of the molecule is COc1ccc(CNCCc2c[nH]c3ccccc23)c2ccccc12. The van der Waals surface area contributed by atoms with E-state index in [-0.39, 0.29) is 0 Å². The molecule has 0 unspecified atom stereocenters. The Morgan fingerprint density at radius 3 is 2.44 bits per heavy atom. The molecule has 3 aromatic carbocycles. The van der Waals surface area contributed by atoms with Crippen molar-refractivity contribution in [1.29, 1.82) is 0 Å². The summed E-state index contributed by atoms with van der Waals surface area (Å²) >= 11 is 0. The fraction of sp³-hybridized carbons (Fsp3) is 0.182. The molecule has 0 aliphatic rings. The summed E-state index contributed by atoms with van der Waals surface area (Å²) in [5.74, 6) is 0.929. The van der Waals surface area contributed by atoms with E-state index in [1.54, 1.807) is 7.11 Å². The van der Waals surface area contributed by atoms with Gasteiger partial charge in [0.2, 0.25) is 0 Å². The first kappa shape index (κ1) is 15.7. The summed E-state index contributed by atoms with van der Waals surface area (Å²) < 4.78 is 5.47. The van der Waals surface area contributed by atoms with E-state index >= 15 is 0 Å². The number of nitrogens with one attached hydrogen (secondary N) is 2. The van der Waals surface area contributed by atoms with E-state index in [0.717, 1.165) is 25.3 Å². The summed E-state index contributed by atoms with van der Waals surface area (Å²) in [6.07, 6.45) is 3.13. The van der Waals surface area contributed by atoms with Crippen LogP contribution in [0.3, 0.4) is 0 Å². The molecule has 1 heterocycles. The number of rotatable bonds is 6. The highest BCUT2D eigenvalue weighted by Gasteiger charge is 2.06. The van der Waals surface area contributed by atoms with Crippen molar-refractivity contribution in [2.24, 2.45) is 0 Å². The van der Waals surface area contributed by atoms with E-state index in [1.807, 2.05) is 0 Å². The van der Waals surface area contributed by atoms with Crippen molar-refractivity contribution in [3.8, 4) is 5.75 Å². The number of hydrogen-bond acceptors (Lipinski definition) is 2. The summed E-state index contributed by atoms with van der Waals surface area (Å²) in [6, 6.07) is 21.1. The average Bonchev–Trinajstić information content (AvgIpc) is 3.08. The molecule has 0 fully saturated rings. The van der Waals surface area contributed by atoms with Crippen LogP contribution in [0.15, 0.2) is 66.9 Å². The highest BCUT2D eigenvalue weighted by Crippen LogP contribution is 2.28. The molecule has 0 atom stereocenters. The van der Waals surface area contributed by atoms with E-state index in [2.05, 4.69) is 77.2 Å². The Hall–Kier alpha value is -2.78. The first-order valence-electron chi connectivity index (χ1n) is 8.67. The van der Waals surface area contributed by atoms with E-state index in [0.29, 0.717) is 0 Å².